The third-order valence-electron chi connectivity index (χ3n) is 5.04. The molecule has 1 atom stereocenters. The summed E-state index contributed by atoms with van der Waals surface area (Å²) in [5, 5.41) is 13.3. The molecule has 2 heterocycles. The molecular weight excluding hydrogens is 422 g/mol. The Kier molecular flexibility index (Phi) is 5.85. The molecule has 156 valence electrons. The van der Waals surface area contributed by atoms with Crippen molar-refractivity contribution in [3.8, 4) is 16.2 Å². The van der Waals surface area contributed by atoms with Crippen molar-refractivity contribution in [3.05, 3.63) is 58.4 Å². The lowest BCUT2D eigenvalue weighted by molar-refractivity contribution is 0.103. The molecule has 3 aromatic rings. The van der Waals surface area contributed by atoms with Crippen LogP contribution in [0, 0.1) is 0 Å². The molecule has 1 fully saturated rings. The molecule has 1 amide bonds. The predicted octanol–water partition coefficient (Wildman–Crippen LogP) is 4.48. The van der Waals surface area contributed by atoms with Gasteiger partial charge in [-0.3, -0.25) is 4.79 Å². The van der Waals surface area contributed by atoms with Crippen molar-refractivity contribution in [3.63, 3.8) is 0 Å². The monoisotopic (exact) mass is 443 g/mol. The van der Waals surface area contributed by atoms with Gasteiger partial charge in [-0.2, -0.15) is 0 Å². The molecular formula is C22H22ClN3O3S. The Bertz CT molecular complexity index is 1070. The third kappa shape index (κ3) is 4.23. The smallest absolute Gasteiger partial charge is 0.267 e. The minimum Gasteiger partial charge on any atom is -0.495 e. The first kappa shape index (κ1) is 20.5. The van der Waals surface area contributed by atoms with Crippen LogP contribution in [0.3, 0.4) is 0 Å². The average molecular weight is 444 g/mol. The van der Waals surface area contributed by atoms with Crippen molar-refractivity contribution in [1.82, 2.24) is 0 Å². The molecule has 8 heteroatoms. The maximum absolute atomic E-state index is 12.8. The van der Waals surface area contributed by atoms with E-state index in [9.17, 15) is 9.90 Å². The summed E-state index contributed by atoms with van der Waals surface area (Å²) in [5.41, 5.74) is 9.00. The van der Waals surface area contributed by atoms with E-state index in [4.69, 9.17) is 22.1 Å². The number of halogens is 1. The Morgan fingerprint density at radius 3 is 2.70 bits per heavy atom. The number of aliphatic hydroxyl groups is 1. The molecule has 0 radical (unpaired) electrons. The van der Waals surface area contributed by atoms with Gasteiger partial charge in [0.25, 0.3) is 5.91 Å². The summed E-state index contributed by atoms with van der Waals surface area (Å²) in [4.78, 5) is 16.3. The Morgan fingerprint density at radius 1 is 1.27 bits per heavy atom. The number of rotatable bonds is 5. The zero-order valence-corrected chi connectivity index (χ0v) is 18.0. The van der Waals surface area contributed by atoms with Crippen LogP contribution in [0.2, 0.25) is 5.02 Å². The van der Waals surface area contributed by atoms with Gasteiger partial charge in [0.05, 0.1) is 24.6 Å². The maximum Gasteiger partial charge on any atom is 0.267 e. The van der Waals surface area contributed by atoms with E-state index in [1.54, 1.807) is 31.4 Å². The molecule has 30 heavy (non-hydrogen) atoms. The van der Waals surface area contributed by atoms with Gasteiger partial charge >= 0.3 is 0 Å². The van der Waals surface area contributed by atoms with Crippen LogP contribution in [0.15, 0.2) is 48.5 Å². The van der Waals surface area contributed by atoms with E-state index in [1.165, 1.54) is 11.3 Å². The first-order valence-corrected chi connectivity index (χ1v) is 10.7. The van der Waals surface area contributed by atoms with Gasteiger partial charge in [-0.05, 0) is 42.3 Å². The normalized spacial score (nSPS) is 16.0. The minimum atomic E-state index is -0.328. The fraction of sp³-hybridized carbons (Fsp3) is 0.227. The number of benzene rings is 2. The number of thiophene rings is 1. The number of nitrogens with zero attached hydrogens (tertiary/aromatic N) is 1. The number of hydrogen-bond donors (Lipinski definition) is 3. The van der Waals surface area contributed by atoms with Crippen molar-refractivity contribution in [1.29, 1.82) is 0 Å². The SMILES string of the molecule is COc1cc(NC(=O)c2sc(-c3ccc(Cl)cc3)cc2N)ccc1N1CC[C@@H](O)C1. The van der Waals surface area contributed by atoms with E-state index in [1.807, 2.05) is 24.3 Å². The van der Waals surface area contributed by atoms with Crippen molar-refractivity contribution < 1.29 is 14.6 Å². The van der Waals surface area contributed by atoms with Gasteiger partial charge in [0.1, 0.15) is 10.6 Å². The molecule has 1 saturated heterocycles. The molecule has 0 saturated carbocycles. The van der Waals surface area contributed by atoms with Crippen LogP contribution in [0.5, 0.6) is 5.75 Å². The summed E-state index contributed by atoms with van der Waals surface area (Å²) in [6.07, 6.45) is 0.403. The highest BCUT2D eigenvalue weighted by Crippen LogP contribution is 2.36. The lowest BCUT2D eigenvalue weighted by Gasteiger charge is -2.21. The topological polar surface area (TPSA) is 87.8 Å². The number of ether oxygens (including phenoxy) is 1. The lowest BCUT2D eigenvalue weighted by atomic mass is 10.2. The van der Waals surface area contributed by atoms with Gasteiger partial charge in [0.2, 0.25) is 0 Å². The number of nitrogens with one attached hydrogen (secondary N) is 1. The quantitative estimate of drug-likeness (QED) is 0.541. The maximum atomic E-state index is 12.8. The Balaban J connectivity index is 1.53. The second-order valence-corrected chi connectivity index (χ2v) is 8.62. The second kappa shape index (κ2) is 8.55. The number of nitrogens with two attached hydrogens (primary N) is 1. The first-order valence-electron chi connectivity index (χ1n) is 9.52. The number of anilines is 3. The van der Waals surface area contributed by atoms with Gasteiger partial charge < -0.3 is 25.8 Å². The Morgan fingerprint density at radius 2 is 2.03 bits per heavy atom. The van der Waals surface area contributed by atoms with E-state index in [0.717, 1.165) is 29.1 Å². The average Bonchev–Trinajstić information content (AvgIpc) is 3.34. The van der Waals surface area contributed by atoms with E-state index >= 15 is 0 Å². The summed E-state index contributed by atoms with van der Waals surface area (Å²) in [6.45, 7) is 1.34. The molecule has 2 aromatic carbocycles. The van der Waals surface area contributed by atoms with Crippen molar-refractivity contribution in [2.24, 2.45) is 0 Å². The van der Waals surface area contributed by atoms with Gasteiger partial charge in [-0.1, -0.05) is 23.7 Å². The minimum absolute atomic E-state index is 0.274. The van der Waals surface area contributed by atoms with Crippen molar-refractivity contribution in [2.45, 2.75) is 12.5 Å². The predicted molar refractivity (Wildman–Crippen MR) is 123 cm³/mol. The Labute approximate surface area is 183 Å². The molecule has 1 aliphatic rings. The number of carbonyl (C=O) groups is 1. The van der Waals surface area contributed by atoms with Crippen molar-refractivity contribution >= 4 is 45.9 Å². The van der Waals surface area contributed by atoms with Crippen LogP contribution in [0.25, 0.3) is 10.4 Å². The molecule has 0 unspecified atom stereocenters. The number of methoxy groups -OCH3 is 1. The highest BCUT2D eigenvalue weighted by molar-refractivity contribution is 7.18. The largest absolute Gasteiger partial charge is 0.495 e. The van der Waals surface area contributed by atoms with Gasteiger partial charge in [-0.15, -0.1) is 11.3 Å². The van der Waals surface area contributed by atoms with E-state index in [-0.39, 0.29) is 12.0 Å². The highest BCUT2D eigenvalue weighted by atomic mass is 35.5. The van der Waals surface area contributed by atoms with E-state index < -0.39 is 0 Å². The summed E-state index contributed by atoms with van der Waals surface area (Å²) in [7, 11) is 1.59. The van der Waals surface area contributed by atoms with Gasteiger partial charge in [0, 0.05) is 34.7 Å². The van der Waals surface area contributed by atoms with Crippen LogP contribution < -0.4 is 20.7 Å². The van der Waals surface area contributed by atoms with Crippen LogP contribution in [-0.2, 0) is 0 Å². The fourth-order valence-electron chi connectivity index (χ4n) is 3.50. The molecule has 0 spiro atoms. The van der Waals surface area contributed by atoms with Crippen LogP contribution in [0.1, 0.15) is 16.1 Å². The zero-order valence-electron chi connectivity index (χ0n) is 16.4. The summed E-state index contributed by atoms with van der Waals surface area (Å²) >= 11 is 7.28. The standard InChI is InChI=1S/C22H22ClN3O3S/c1-29-19-10-15(6-7-18(19)26-9-8-16(27)12-26)25-22(28)21-17(24)11-20(30-21)13-2-4-14(23)5-3-13/h2-7,10-11,16,27H,8-9,12,24H2,1H3,(H,25,28)/t16-/m1/s1. The number of nitrogen functional groups attached to an aromatic ring is 1. The molecule has 0 aliphatic carbocycles. The summed E-state index contributed by atoms with van der Waals surface area (Å²) in [6, 6.07) is 14.7. The fourth-order valence-corrected chi connectivity index (χ4v) is 4.61. The lowest BCUT2D eigenvalue weighted by Crippen LogP contribution is -2.21. The van der Waals surface area contributed by atoms with Gasteiger partial charge in [0.15, 0.2) is 0 Å². The number of amides is 1. The Hall–Kier alpha value is -2.74. The second-order valence-electron chi connectivity index (χ2n) is 7.13. The number of hydrogen-bond acceptors (Lipinski definition) is 6. The van der Waals surface area contributed by atoms with Crippen LogP contribution in [0.4, 0.5) is 17.1 Å². The highest BCUT2D eigenvalue weighted by Gasteiger charge is 2.23. The molecule has 1 aliphatic heterocycles. The molecule has 6 nitrogen and oxygen atoms in total. The molecule has 4 rings (SSSR count). The summed E-state index contributed by atoms with van der Waals surface area (Å²) < 4.78 is 5.51. The molecule has 4 N–H and O–H groups in total. The number of carbonyl (C=O) groups excluding carboxylic acids is 1. The first-order chi connectivity index (χ1) is 14.4. The zero-order chi connectivity index (χ0) is 21.3. The molecule has 1 aromatic heterocycles. The van der Waals surface area contributed by atoms with Crippen LogP contribution in [-0.4, -0.2) is 37.3 Å². The van der Waals surface area contributed by atoms with Crippen LogP contribution >= 0.6 is 22.9 Å². The van der Waals surface area contributed by atoms with E-state index in [0.29, 0.717) is 33.6 Å². The van der Waals surface area contributed by atoms with Gasteiger partial charge in [-0.25, -0.2) is 0 Å². The molecule has 0 bridgehead atoms. The summed E-state index contributed by atoms with van der Waals surface area (Å²) in [5.74, 6) is 0.368. The van der Waals surface area contributed by atoms with E-state index in [2.05, 4.69) is 10.2 Å². The van der Waals surface area contributed by atoms with Crippen molar-refractivity contribution in [2.75, 3.05) is 36.1 Å². The number of β-amino-alcohol motifs (C(OH)–C–C–N with tert-alkyl or cyclic N) is 1. The third-order valence-corrected chi connectivity index (χ3v) is 6.49. The number of aliphatic hydroxyl groups excluding tert-OH is 1.